The van der Waals surface area contributed by atoms with Gasteiger partial charge in [0.1, 0.15) is 18.1 Å². The Morgan fingerprint density at radius 1 is 1.06 bits per heavy atom. The number of guanidine groups is 1. The molecule has 4 unspecified atom stereocenters. The van der Waals surface area contributed by atoms with Gasteiger partial charge in [0.25, 0.3) is 0 Å². The van der Waals surface area contributed by atoms with Gasteiger partial charge in [-0.15, -0.1) is 0 Å². The first-order valence-electron chi connectivity index (χ1n) is 10.8. The summed E-state index contributed by atoms with van der Waals surface area (Å²) < 4.78 is 0. The number of hydrogen-bond acceptors (Lipinski definition) is 8. The largest absolute Gasteiger partial charge is 0.481 e. The molecule has 15 heteroatoms. The molecule has 1 aliphatic rings. The molecule has 1 rings (SSSR count). The normalized spacial score (nSPS) is 17.8. The van der Waals surface area contributed by atoms with E-state index < -0.39 is 66.9 Å². The van der Waals surface area contributed by atoms with Crippen LogP contribution in [0.1, 0.15) is 38.5 Å². The van der Waals surface area contributed by atoms with Crippen molar-refractivity contribution < 1.29 is 39.3 Å². The zero-order valence-electron chi connectivity index (χ0n) is 18.7. The van der Waals surface area contributed by atoms with Gasteiger partial charge in [0.05, 0.1) is 12.6 Å². The lowest BCUT2D eigenvalue weighted by molar-refractivity contribution is -0.144. The van der Waals surface area contributed by atoms with Gasteiger partial charge in [0, 0.05) is 19.5 Å². The van der Waals surface area contributed by atoms with Crippen LogP contribution in [0.3, 0.4) is 0 Å². The van der Waals surface area contributed by atoms with E-state index in [2.05, 4.69) is 10.3 Å². The molecule has 0 radical (unpaired) electrons. The van der Waals surface area contributed by atoms with Gasteiger partial charge in [-0.2, -0.15) is 0 Å². The monoisotopic (exact) mass is 487 g/mol. The van der Waals surface area contributed by atoms with Gasteiger partial charge in [0.2, 0.25) is 17.7 Å². The Hall–Kier alpha value is -3.46. The van der Waals surface area contributed by atoms with Crippen molar-refractivity contribution in [3.63, 3.8) is 0 Å². The van der Waals surface area contributed by atoms with Crippen molar-refractivity contribution in [1.82, 2.24) is 15.5 Å². The van der Waals surface area contributed by atoms with Crippen LogP contribution in [-0.4, -0.2) is 99.7 Å². The van der Waals surface area contributed by atoms with Crippen molar-refractivity contribution in [2.24, 2.45) is 22.2 Å². The second-order valence-corrected chi connectivity index (χ2v) is 7.82. The van der Waals surface area contributed by atoms with Gasteiger partial charge in [-0.05, 0) is 32.1 Å². The van der Waals surface area contributed by atoms with Crippen LogP contribution in [0.4, 0.5) is 0 Å². The van der Waals surface area contributed by atoms with E-state index in [4.69, 9.17) is 32.5 Å². The highest BCUT2D eigenvalue weighted by atomic mass is 16.4. The molecule has 1 fully saturated rings. The minimum absolute atomic E-state index is 0.0775. The van der Waals surface area contributed by atoms with E-state index in [-0.39, 0.29) is 25.3 Å². The number of likely N-dealkylation sites (tertiary alicyclic amines) is 1. The molecule has 0 aromatic rings. The summed E-state index contributed by atoms with van der Waals surface area (Å²) in [6.07, 6.45) is 0.741. The smallest absolute Gasteiger partial charge is 0.328 e. The lowest BCUT2D eigenvalue weighted by atomic mass is 10.1. The molecule has 0 aliphatic carbocycles. The molecular weight excluding hydrogens is 454 g/mol. The van der Waals surface area contributed by atoms with Crippen LogP contribution in [0.5, 0.6) is 0 Å². The number of nitrogens with zero attached hydrogens (tertiary/aromatic N) is 2. The summed E-state index contributed by atoms with van der Waals surface area (Å²) in [5.41, 5.74) is 16.4. The van der Waals surface area contributed by atoms with Crippen molar-refractivity contribution >= 4 is 35.6 Å². The summed E-state index contributed by atoms with van der Waals surface area (Å²) in [5, 5.41) is 31.5. The number of rotatable bonds is 14. The first kappa shape index (κ1) is 28.6. The first-order chi connectivity index (χ1) is 16.0. The highest BCUT2D eigenvalue weighted by Crippen LogP contribution is 2.19. The van der Waals surface area contributed by atoms with Crippen LogP contribution >= 0.6 is 0 Å². The molecule has 0 aromatic carbocycles. The fourth-order valence-electron chi connectivity index (χ4n) is 3.42. The highest BCUT2D eigenvalue weighted by Gasteiger charge is 2.37. The average Bonchev–Trinajstić information content (AvgIpc) is 3.26. The second-order valence-electron chi connectivity index (χ2n) is 7.82. The summed E-state index contributed by atoms with van der Waals surface area (Å²) in [6.45, 7) is -0.332. The van der Waals surface area contributed by atoms with Crippen molar-refractivity contribution in [3.05, 3.63) is 0 Å². The Labute approximate surface area is 195 Å². The predicted octanol–water partition coefficient (Wildman–Crippen LogP) is -3.73. The Morgan fingerprint density at radius 2 is 1.74 bits per heavy atom. The van der Waals surface area contributed by atoms with Gasteiger partial charge in [-0.1, -0.05) is 0 Å². The molecule has 0 bridgehead atoms. The predicted molar refractivity (Wildman–Crippen MR) is 118 cm³/mol. The highest BCUT2D eigenvalue weighted by molar-refractivity contribution is 5.94. The molecule has 34 heavy (non-hydrogen) atoms. The number of aliphatic imine (C=N–C) groups is 1. The quantitative estimate of drug-likeness (QED) is 0.0670. The summed E-state index contributed by atoms with van der Waals surface area (Å²) in [4.78, 5) is 65.3. The maximum Gasteiger partial charge on any atom is 0.328 e. The molecule has 1 heterocycles. The average molecular weight is 488 g/mol. The van der Waals surface area contributed by atoms with Crippen LogP contribution in [0.2, 0.25) is 0 Å². The van der Waals surface area contributed by atoms with Crippen LogP contribution < -0.4 is 27.8 Å². The molecule has 4 atom stereocenters. The van der Waals surface area contributed by atoms with Gasteiger partial charge in [-0.3, -0.25) is 24.2 Å². The number of nitrogens with one attached hydrogen (secondary N) is 2. The number of carboxylic acid groups (broad SMARTS) is 2. The summed E-state index contributed by atoms with van der Waals surface area (Å²) in [5.74, 6) is -4.93. The third-order valence-electron chi connectivity index (χ3n) is 5.20. The molecule has 15 nitrogen and oxygen atoms in total. The van der Waals surface area contributed by atoms with Crippen LogP contribution in [-0.2, 0) is 24.0 Å². The Morgan fingerprint density at radius 3 is 2.29 bits per heavy atom. The van der Waals surface area contributed by atoms with Gasteiger partial charge in [0.15, 0.2) is 5.96 Å². The molecule has 1 saturated heterocycles. The minimum Gasteiger partial charge on any atom is -0.481 e. The SMILES string of the molecule is NC(N)=NCCCC(N)C(=O)N1CCCC1C(=O)NC(CCC(=O)O)C(=O)NC(CO)C(=O)O. The fourth-order valence-corrected chi connectivity index (χ4v) is 3.42. The lowest BCUT2D eigenvalue weighted by Crippen LogP contribution is -2.57. The van der Waals surface area contributed by atoms with E-state index in [1.165, 1.54) is 4.90 Å². The molecule has 3 amide bonds. The number of nitrogens with two attached hydrogens (primary N) is 3. The molecular formula is C19H33N7O8. The molecule has 0 aromatic heterocycles. The lowest BCUT2D eigenvalue weighted by Gasteiger charge is -2.28. The maximum absolute atomic E-state index is 12.9. The third-order valence-corrected chi connectivity index (χ3v) is 5.20. The standard InChI is InChI=1S/C19H33N7O8/c20-10(3-1-7-23-19(21)22)17(32)26-8-2-4-13(26)16(31)24-11(5-6-14(28)29)15(30)25-12(9-27)18(33)34/h10-13,27H,1-9,20H2,(H,24,31)(H,25,30)(H,28,29)(H,33,34)(H4,21,22,23). The van der Waals surface area contributed by atoms with Crippen LogP contribution in [0.15, 0.2) is 4.99 Å². The summed E-state index contributed by atoms with van der Waals surface area (Å²) in [7, 11) is 0. The fraction of sp³-hybridized carbons (Fsp3) is 0.684. The van der Waals surface area contributed by atoms with E-state index >= 15 is 0 Å². The Bertz CT molecular complexity index is 787. The van der Waals surface area contributed by atoms with Crippen molar-refractivity contribution in [3.8, 4) is 0 Å². The molecule has 11 N–H and O–H groups in total. The van der Waals surface area contributed by atoms with Gasteiger partial charge < -0.3 is 48.1 Å². The number of hydrogen-bond donors (Lipinski definition) is 8. The number of carboxylic acids is 2. The number of aliphatic hydroxyl groups is 1. The maximum atomic E-state index is 12.9. The zero-order chi connectivity index (χ0) is 25.8. The number of aliphatic carboxylic acids is 2. The minimum atomic E-state index is -1.63. The van der Waals surface area contributed by atoms with E-state index in [9.17, 15) is 24.0 Å². The van der Waals surface area contributed by atoms with Crippen molar-refractivity contribution in [2.75, 3.05) is 19.7 Å². The van der Waals surface area contributed by atoms with E-state index in [0.717, 1.165) is 0 Å². The topological polar surface area (TPSA) is 264 Å². The third kappa shape index (κ3) is 9.19. The molecule has 0 spiro atoms. The van der Waals surface area contributed by atoms with Crippen molar-refractivity contribution in [1.29, 1.82) is 0 Å². The van der Waals surface area contributed by atoms with E-state index in [0.29, 0.717) is 25.8 Å². The molecule has 0 saturated carbocycles. The molecule has 1 aliphatic heterocycles. The summed E-state index contributed by atoms with van der Waals surface area (Å²) in [6, 6.07) is -4.83. The number of carbonyl (C=O) groups is 5. The Balaban J connectivity index is 2.83. The van der Waals surface area contributed by atoms with Gasteiger partial charge in [-0.25, -0.2) is 4.79 Å². The van der Waals surface area contributed by atoms with Crippen molar-refractivity contribution in [2.45, 2.75) is 62.7 Å². The van der Waals surface area contributed by atoms with E-state index in [1.54, 1.807) is 0 Å². The summed E-state index contributed by atoms with van der Waals surface area (Å²) >= 11 is 0. The van der Waals surface area contributed by atoms with E-state index in [1.807, 2.05) is 5.32 Å². The van der Waals surface area contributed by atoms with Gasteiger partial charge >= 0.3 is 11.9 Å². The number of aliphatic hydroxyl groups excluding tert-OH is 1. The van der Waals surface area contributed by atoms with Crippen LogP contribution in [0.25, 0.3) is 0 Å². The molecule has 192 valence electrons. The second kappa shape index (κ2) is 13.9. The number of amides is 3. The zero-order valence-corrected chi connectivity index (χ0v) is 18.7. The van der Waals surface area contributed by atoms with Crippen LogP contribution in [0, 0.1) is 0 Å². The first-order valence-corrected chi connectivity index (χ1v) is 10.8. The Kier molecular flexibility index (Phi) is 11.7. The number of carbonyl (C=O) groups excluding carboxylic acids is 3.